The van der Waals surface area contributed by atoms with Gasteiger partial charge in [-0.2, -0.15) is 0 Å². The average Bonchev–Trinajstić information content (AvgIpc) is 2.82. The fraction of sp³-hybridized carbons (Fsp3) is 0.818. The molecule has 0 aliphatic carbocycles. The number of carboxylic acid groups (broad SMARTS) is 1. The van der Waals surface area contributed by atoms with E-state index in [9.17, 15) is 9.59 Å². The Morgan fingerprint density at radius 3 is 2.67 bits per heavy atom. The maximum Gasteiger partial charge on any atom is 0.332 e. The lowest BCUT2D eigenvalue weighted by molar-refractivity contribution is -0.149. The second-order valence-electron chi connectivity index (χ2n) is 4.49. The number of hydrogen-bond acceptors (Lipinski definition) is 4. The van der Waals surface area contributed by atoms with Crippen LogP contribution in [0.1, 0.15) is 19.8 Å². The molecular formula is C11H20N2O5. The van der Waals surface area contributed by atoms with Crippen molar-refractivity contribution in [3.8, 4) is 0 Å². The Morgan fingerprint density at radius 2 is 2.17 bits per heavy atom. The quantitative estimate of drug-likeness (QED) is 0.627. The number of aliphatic carboxylic acids is 1. The molecule has 2 amide bonds. The molecule has 104 valence electrons. The highest BCUT2D eigenvalue weighted by molar-refractivity contribution is 5.74. The van der Waals surface area contributed by atoms with Gasteiger partial charge in [-0.15, -0.1) is 0 Å². The molecule has 3 N–H and O–H groups in total. The lowest BCUT2D eigenvalue weighted by Crippen LogP contribution is -2.46. The zero-order valence-electron chi connectivity index (χ0n) is 10.6. The van der Waals surface area contributed by atoms with Gasteiger partial charge in [0.1, 0.15) is 0 Å². The van der Waals surface area contributed by atoms with Gasteiger partial charge in [-0.3, -0.25) is 0 Å². The van der Waals surface area contributed by atoms with Crippen molar-refractivity contribution in [3.63, 3.8) is 0 Å². The molecule has 0 aromatic rings. The predicted molar refractivity (Wildman–Crippen MR) is 63.2 cm³/mol. The van der Waals surface area contributed by atoms with Crippen LogP contribution in [0.4, 0.5) is 4.79 Å². The minimum Gasteiger partial charge on any atom is -0.479 e. The molecule has 7 nitrogen and oxygen atoms in total. The number of hydrogen-bond donors (Lipinski definition) is 3. The third-order valence-electron chi connectivity index (χ3n) is 3.11. The third kappa shape index (κ3) is 3.85. The summed E-state index contributed by atoms with van der Waals surface area (Å²) in [5.41, 5.74) is 0. The summed E-state index contributed by atoms with van der Waals surface area (Å²) in [4.78, 5) is 23.7. The van der Waals surface area contributed by atoms with Crippen LogP contribution in [0.5, 0.6) is 0 Å². The van der Waals surface area contributed by atoms with Crippen molar-refractivity contribution in [1.29, 1.82) is 0 Å². The Kier molecular flexibility index (Phi) is 5.36. The number of nitrogens with one attached hydrogen (secondary N) is 1. The molecule has 1 aliphatic rings. The van der Waals surface area contributed by atoms with E-state index < -0.39 is 12.1 Å². The van der Waals surface area contributed by atoms with Crippen molar-refractivity contribution in [1.82, 2.24) is 10.2 Å². The molecule has 0 saturated carbocycles. The van der Waals surface area contributed by atoms with Crippen LogP contribution >= 0.6 is 0 Å². The normalized spacial score (nSPS) is 24.6. The van der Waals surface area contributed by atoms with E-state index in [1.165, 1.54) is 4.90 Å². The molecule has 1 rings (SSSR count). The van der Waals surface area contributed by atoms with Crippen molar-refractivity contribution >= 4 is 12.0 Å². The molecule has 1 saturated heterocycles. The molecular weight excluding hydrogens is 240 g/mol. The van der Waals surface area contributed by atoms with Crippen LogP contribution in [0.2, 0.25) is 0 Å². The Labute approximate surface area is 106 Å². The SMILES string of the molecule is CC(CO)N(C)C(=O)NCC1CCC(C(=O)O)O1. The molecule has 1 aliphatic heterocycles. The van der Waals surface area contributed by atoms with Crippen molar-refractivity contribution in [2.24, 2.45) is 0 Å². The maximum atomic E-state index is 11.6. The van der Waals surface area contributed by atoms with Gasteiger partial charge in [0.15, 0.2) is 6.10 Å². The Morgan fingerprint density at radius 1 is 1.50 bits per heavy atom. The first-order valence-corrected chi connectivity index (χ1v) is 5.95. The zero-order chi connectivity index (χ0) is 13.7. The molecule has 0 radical (unpaired) electrons. The van der Waals surface area contributed by atoms with Crippen LogP contribution in [-0.4, -0.2) is 65.6 Å². The topological polar surface area (TPSA) is 99.1 Å². The molecule has 0 aromatic carbocycles. The van der Waals surface area contributed by atoms with Crippen LogP contribution in [0.15, 0.2) is 0 Å². The summed E-state index contributed by atoms with van der Waals surface area (Å²) in [6, 6.07) is -0.569. The van der Waals surface area contributed by atoms with Gasteiger partial charge in [-0.25, -0.2) is 9.59 Å². The van der Waals surface area contributed by atoms with Gasteiger partial charge >= 0.3 is 12.0 Å². The molecule has 3 atom stereocenters. The van der Waals surface area contributed by atoms with Crippen LogP contribution < -0.4 is 5.32 Å². The molecule has 1 fully saturated rings. The minimum atomic E-state index is -0.963. The van der Waals surface area contributed by atoms with Crippen LogP contribution in [0, 0.1) is 0 Å². The molecule has 0 aromatic heterocycles. The lowest BCUT2D eigenvalue weighted by atomic mass is 10.2. The van der Waals surface area contributed by atoms with E-state index >= 15 is 0 Å². The van der Waals surface area contributed by atoms with Gasteiger partial charge in [0.05, 0.1) is 18.8 Å². The van der Waals surface area contributed by atoms with Gasteiger partial charge in [-0.05, 0) is 19.8 Å². The van der Waals surface area contributed by atoms with E-state index in [-0.39, 0.29) is 31.3 Å². The van der Waals surface area contributed by atoms with Crippen molar-refractivity contribution in [2.45, 2.75) is 38.0 Å². The number of carboxylic acids is 1. The van der Waals surface area contributed by atoms with E-state index in [0.717, 1.165) is 0 Å². The molecule has 1 heterocycles. The largest absolute Gasteiger partial charge is 0.479 e. The molecule has 7 heteroatoms. The van der Waals surface area contributed by atoms with Gasteiger partial charge in [-0.1, -0.05) is 0 Å². The number of amides is 2. The van der Waals surface area contributed by atoms with E-state index in [1.807, 2.05) is 0 Å². The highest BCUT2D eigenvalue weighted by Gasteiger charge is 2.30. The first kappa shape index (κ1) is 14.7. The predicted octanol–water partition coefficient (Wildman–Crippen LogP) is -0.359. The zero-order valence-corrected chi connectivity index (χ0v) is 10.6. The Balaban J connectivity index is 2.29. The van der Waals surface area contributed by atoms with Crippen molar-refractivity contribution in [3.05, 3.63) is 0 Å². The van der Waals surface area contributed by atoms with Crippen LogP contribution in [0.3, 0.4) is 0 Å². The first-order valence-electron chi connectivity index (χ1n) is 5.95. The van der Waals surface area contributed by atoms with Gasteiger partial charge in [0.2, 0.25) is 0 Å². The Bertz CT molecular complexity index is 310. The standard InChI is InChI=1S/C11H20N2O5/c1-7(6-14)13(2)11(17)12-5-8-3-4-9(18-8)10(15)16/h7-9,14H,3-6H2,1-2H3,(H,12,17)(H,15,16). The number of ether oxygens (including phenoxy) is 1. The van der Waals surface area contributed by atoms with Crippen LogP contribution in [-0.2, 0) is 9.53 Å². The number of urea groups is 1. The van der Waals surface area contributed by atoms with E-state index in [0.29, 0.717) is 12.8 Å². The molecule has 3 unspecified atom stereocenters. The minimum absolute atomic E-state index is 0.106. The van der Waals surface area contributed by atoms with Gasteiger partial charge < -0.3 is 25.2 Å². The number of aliphatic hydroxyl groups excluding tert-OH is 1. The second-order valence-corrected chi connectivity index (χ2v) is 4.49. The summed E-state index contributed by atoms with van der Waals surface area (Å²) in [5.74, 6) is -0.963. The summed E-state index contributed by atoms with van der Waals surface area (Å²) in [6.07, 6.45) is 0.0730. The highest BCUT2D eigenvalue weighted by atomic mass is 16.5. The fourth-order valence-electron chi connectivity index (χ4n) is 1.69. The third-order valence-corrected chi connectivity index (χ3v) is 3.11. The van der Waals surface area contributed by atoms with E-state index in [2.05, 4.69) is 5.32 Å². The Hall–Kier alpha value is -1.34. The molecule has 18 heavy (non-hydrogen) atoms. The van der Waals surface area contributed by atoms with Crippen molar-refractivity contribution < 1.29 is 24.5 Å². The fourth-order valence-corrected chi connectivity index (χ4v) is 1.69. The number of rotatable bonds is 5. The first-order chi connectivity index (χ1) is 8.45. The van der Waals surface area contributed by atoms with Crippen molar-refractivity contribution in [2.75, 3.05) is 20.2 Å². The van der Waals surface area contributed by atoms with Gasteiger partial charge in [0, 0.05) is 13.6 Å². The maximum absolute atomic E-state index is 11.6. The smallest absolute Gasteiger partial charge is 0.332 e. The summed E-state index contributed by atoms with van der Waals surface area (Å²) in [6.45, 7) is 1.90. The monoisotopic (exact) mass is 260 g/mol. The highest BCUT2D eigenvalue weighted by Crippen LogP contribution is 2.19. The lowest BCUT2D eigenvalue weighted by Gasteiger charge is -2.24. The summed E-state index contributed by atoms with van der Waals surface area (Å²) in [5, 5.41) is 20.3. The van der Waals surface area contributed by atoms with E-state index in [4.69, 9.17) is 14.9 Å². The number of nitrogens with zero attached hydrogens (tertiary/aromatic N) is 1. The van der Waals surface area contributed by atoms with E-state index in [1.54, 1.807) is 14.0 Å². The summed E-state index contributed by atoms with van der Waals surface area (Å²) < 4.78 is 5.26. The number of aliphatic hydroxyl groups is 1. The molecule has 0 spiro atoms. The van der Waals surface area contributed by atoms with Gasteiger partial charge in [0.25, 0.3) is 0 Å². The average molecular weight is 260 g/mol. The number of carbonyl (C=O) groups excluding carboxylic acids is 1. The summed E-state index contributed by atoms with van der Waals surface area (Å²) in [7, 11) is 1.59. The molecule has 0 bridgehead atoms. The number of carbonyl (C=O) groups is 2. The summed E-state index contributed by atoms with van der Waals surface area (Å²) >= 11 is 0. The van der Waals surface area contributed by atoms with Crippen LogP contribution in [0.25, 0.3) is 0 Å². The second kappa shape index (κ2) is 6.55. The number of likely N-dealkylation sites (N-methyl/N-ethyl adjacent to an activating group) is 1.